The number of benzene rings is 1. The second-order valence-electron chi connectivity index (χ2n) is 8.16. The summed E-state index contributed by atoms with van der Waals surface area (Å²) in [6.07, 6.45) is -0.980. The van der Waals surface area contributed by atoms with Crippen molar-refractivity contribution < 1.29 is 27.1 Å². The molecule has 3 aromatic rings. The normalized spacial score (nSPS) is 15.8. The van der Waals surface area contributed by atoms with Crippen LogP contribution < -0.4 is 10.1 Å². The van der Waals surface area contributed by atoms with E-state index in [1.54, 1.807) is 0 Å². The molecule has 1 atom stereocenters. The molecular weight excluding hydrogens is 522 g/mol. The Morgan fingerprint density at radius 1 is 1.25 bits per heavy atom. The van der Waals surface area contributed by atoms with Gasteiger partial charge < -0.3 is 10.1 Å². The van der Waals surface area contributed by atoms with Gasteiger partial charge in [0.15, 0.2) is 0 Å². The minimum Gasteiger partial charge on any atom is -0.472 e. The van der Waals surface area contributed by atoms with Gasteiger partial charge in [-0.05, 0) is 31.9 Å². The summed E-state index contributed by atoms with van der Waals surface area (Å²) in [5.41, 5.74) is 0.828. The van der Waals surface area contributed by atoms with Crippen molar-refractivity contribution in [3.8, 4) is 5.88 Å². The van der Waals surface area contributed by atoms with E-state index in [0.717, 1.165) is 17.4 Å². The zero-order valence-electron chi connectivity index (χ0n) is 19.1. The SMILES string of the molecule is Cc1ncnc(OC2CCN(C(CNC(=O)c3c(F)cccc3Cl)c3scnc3C(F)F)CC2)c1F. The molecule has 4 rings (SSSR count). The molecule has 0 spiro atoms. The van der Waals surface area contributed by atoms with Crippen LogP contribution in [0.3, 0.4) is 0 Å². The summed E-state index contributed by atoms with van der Waals surface area (Å²) < 4.78 is 61.4. The molecule has 1 N–H and O–H groups in total. The maximum absolute atomic E-state index is 14.2. The van der Waals surface area contributed by atoms with Crippen LogP contribution in [0.4, 0.5) is 17.6 Å². The van der Waals surface area contributed by atoms with Gasteiger partial charge in [0.25, 0.3) is 18.2 Å². The van der Waals surface area contributed by atoms with Crippen molar-refractivity contribution in [1.82, 2.24) is 25.2 Å². The predicted octanol–water partition coefficient (Wildman–Crippen LogP) is 5.13. The maximum Gasteiger partial charge on any atom is 0.281 e. The number of ether oxygens (including phenoxy) is 1. The standard InChI is InChI=1S/C23H22ClF4N5O2S/c1-12-18(26)23(31-10-30-12)35-13-5-7-33(8-6-13)16(20-19(21(27)28)32-11-36-20)9-29-22(34)17-14(24)3-2-4-15(17)25/h2-4,10-11,13,16,21H,5-9H2,1H3,(H,29,34). The molecule has 1 aliphatic rings. The summed E-state index contributed by atoms with van der Waals surface area (Å²) in [5, 5.41) is 2.57. The lowest BCUT2D eigenvalue weighted by atomic mass is 10.0. The minimum absolute atomic E-state index is 0.0553. The van der Waals surface area contributed by atoms with Crippen LogP contribution in [-0.4, -0.2) is 51.5 Å². The molecule has 0 bridgehead atoms. The Morgan fingerprint density at radius 3 is 2.69 bits per heavy atom. The molecule has 1 aromatic carbocycles. The average Bonchev–Trinajstić information content (AvgIpc) is 3.33. The van der Waals surface area contributed by atoms with Crippen molar-refractivity contribution in [3.63, 3.8) is 0 Å². The van der Waals surface area contributed by atoms with E-state index >= 15 is 0 Å². The fourth-order valence-electron chi connectivity index (χ4n) is 4.04. The van der Waals surface area contributed by atoms with Gasteiger partial charge in [-0.15, -0.1) is 11.3 Å². The van der Waals surface area contributed by atoms with Crippen LogP contribution >= 0.6 is 22.9 Å². The lowest BCUT2D eigenvalue weighted by Crippen LogP contribution is -2.44. The van der Waals surface area contributed by atoms with E-state index in [0.29, 0.717) is 30.8 Å². The molecule has 0 aliphatic carbocycles. The molecule has 0 saturated carbocycles. The molecule has 1 unspecified atom stereocenters. The van der Waals surface area contributed by atoms with E-state index in [1.165, 1.54) is 30.9 Å². The van der Waals surface area contributed by atoms with Gasteiger partial charge in [0, 0.05) is 19.6 Å². The number of nitrogens with one attached hydrogen (secondary N) is 1. The number of carbonyl (C=O) groups is 1. The quantitative estimate of drug-likeness (QED) is 0.397. The van der Waals surface area contributed by atoms with Crippen molar-refractivity contribution in [2.45, 2.75) is 38.3 Å². The number of aromatic nitrogens is 3. The second-order valence-corrected chi connectivity index (χ2v) is 9.45. The number of likely N-dealkylation sites (tertiary alicyclic amines) is 1. The summed E-state index contributed by atoms with van der Waals surface area (Å²) in [4.78, 5) is 26.4. The number of alkyl halides is 2. The molecular formula is C23H22ClF4N5O2S. The van der Waals surface area contributed by atoms with Crippen molar-refractivity contribution in [1.29, 1.82) is 0 Å². The average molecular weight is 544 g/mol. The first kappa shape index (κ1) is 26.2. The molecule has 1 fully saturated rings. The van der Waals surface area contributed by atoms with Gasteiger partial charge >= 0.3 is 0 Å². The first-order valence-electron chi connectivity index (χ1n) is 11.1. The smallest absolute Gasteiger partial charge is 0.281 e. The molecule has 13 heteroatoms. The number of halogens is 5. The largest absolute Gasteiger partial charge is 0.472 e. The summed E-state index contributed by atoms with van der Waals surface area (Å²) in [5.74, 6) is -2.29. The van der Waals surface area contributed by atoms with Crippen LogP contribution in [0.2, 0.25) is 5.02 Å². The lowest BCUT2D eigenvalue weighted by molar-refractivity contribution is 0.0657. The van der Waals surface area contributed by atoms with Crippen molar-refractivity contribution in [2.24, 2.45) is 0 Å². The molecule has 1 amide bonds. The minimum atomic E-state index is -2.80. The second kappa shape index (κ2) is 11.5. The number of nitrogens with zero attached hydrogens (tertiary/aromatic N) is 4. The van der Waals surface area contributed by atoms with E-state index in [-0.39, 0.29) is 40.5 Å². The number of thiazole rings is 1. The molecule has 0 radical (unpaired) electrons. The van der Waals surface area contributed by atoms with Gasteiger partial charge in [0.2, 0.25) is 5.82 Å². The number of rotatable bonds is 8. The summed E-state index contributed by atoms with van der Waals surface area (Å²) in [6.45, 7) is 2.27. The highest BCUT2D eigenvalue weighted by molar-refractivity contribution is 7.09. The predicted molar refractivity (Wildman–Crippen MR) is 126 cm³/mol. The van der Waals surface area contributed by atoms with Gasteiger partial charge in [-0.3, -0.25) is 9.69 Å². The third kappa shape index (κ3) is 5.76. The highest BCUT2D eigenvalue weighted by Gasteiger charge is 2.32. The molecule has 36 heavy (non-hydrogen) atoms. The van der Waals surface area contributed by atoms with E-state index < -0.39 is 30.0 Å². The van der Waals surface area contributed by atoms with E-state index in [4.69, 9.17) is 16.3 Å². The van der Waals surface area contributed by atoms with Gasteiger partial charge in [-0.1, -0.05) is 17.7 Å². The molecule has 2 aromatic heterocycles. The number of piperidine rings is 1. The van der Waals surface area contributed by atoms with E-state index in [2.05, 4.69) is 20.3 Å². The van der Waals surface area contributed by atoms with E-state index in [1.807, 2.05) is 4.90 Å². The Kier molecular flexibility index (Phi) is 8.37. The van der Waals surface area contributed by atoms with Gasteiger partial charge in [0.05, 0.1) is 32.7 Å². The van der Waals surface area contributed by atoms with Gasteiger partial charge in [-0.25, -0.2) is 23.1 Å². The maximum atomic E-state index is 14.2. The van der Waals surface area contributed by atoms with Crippen LogP contribution in [0.25, 0.3) is 0 Å². The van der Waals surface area contributed by atoms with Crippen LogP contribution in [-0.2, 0) is 0 Å². The molecule has 7 nitrogen and oxygen atoms in total. The van der Waals surface area contributed by atoms with E-state index in [9.17, 15) is 22.4 Å². The van der Waals surface area contributed by atoms with Crippen molar-refractivity contribution in [3.05, 3.63) is 68.5 Å². The monoisotopic (exact) mass is 543 g/mol. The fraction of sp³-hybridized carbons (Fsp3) is 0.391. The van der Waals surface area contributed by atoms with Crippen LogP contribution in [0.15, 0.2) is 30.0 Å². The van der Waals surface area contributed by atoms with Crippen LogP contribution in [0.5, 0.6) is 5.88 Å². The molecule has 3 heterocycles. The number of aryl methyl sites for hydroxylation is 1. The Hall–Kier alpha value is -2.83. The number of hydrogen-bond acceptors (Lipinski definition) is 7. The number of amides is 1. The lowest BCUT2D eigenvalue weighted by Gasteiger charge is -2.37. The van der Waals surface area contributed by atoms with Crippen molar-refractivity contribution in [2.75, 3.05) is 19.6 Å². The molecule has 1 saturated heterocycles. The third-order valence-electron chi connectivity index (χ3n) is 5.91. The number of hydrogen-bond donors (Lipinski definition) is 1. The van der Waals surface area contributed by atoms with Crippen molar-refractivity contribution >= 4 is 28.8 Å². The Bertz CT molecular complexity index is 1200. The summed E-state index contributed by atoms with van der Waals surface area (Å²) in [6, 6.07) is 3.24. The van der Waals surface area contributed by atoms with Gasteiger partial charge in [-0.2, -0.15) is 9.37 Å². The van der Waals surface area contributed by atoms with Gasteiger partial charge in [0.1, 0.15) is 23.9 Å². The summed E-state index contributed by atoms with van der Waals surface area (Å²) >= 11 is 7.05. The summed E-state index contributed by atoms with van der Waals surface area (Å²) in [7, 11) is 0. The third-order valence-corrected chi connectivity index (χ3v) is 7.17. The zero-order chi connectivity index (χ0) is 25.8. The highest BCUT2D eigenvalue weighted by Crippen LogP contribution is 2.35. The zero-order valence-corrected chi connectivity index (χ0v) is 20.6. The van der Waals surface area contributed by atoms with Crippen LogP contribution in [0, 0.1) is 18.6 Å². The molecule has 1 aliphatic heterocycles. The molecule has 192 valence electrons. The van der Waals surface area contributed by atoms with Crippen LogP contribution in [0.1, 0.15) is 51.9 Å². The topological polar surface area (TPSA) is 80.2 Å². The highest BCUT2D eigenvalue weighted by atomic mass is 35.5. The Morgan fingerprint density at radius 2 is 2.00 bits per heavy atom. The Labute approximate surface area is 213 Å². The first-order chi connectivity index (χ1) is 17.3. The first-order valence-corrected chi connectivity index (χ1v) is 12.3. The number of carbonyl (C=O) groups excluding carboxylic acids is 1. The Balaban J connectivity index is 1.48. The fourth-order valence-corrected chi connectivity index (χ4v) is 5.22.